The van der Waals surface area contributed by atoms with Crippen LogP contribution in [0.1, 0.15) is 57.6 Å². The largest absolute Gasteiger partial charge is 0.313 e. The molecule has 0 spiro atoms. The number of rotatable bonds is 7. The number of nitrogens with zero attached hydrogens (tertiary/aromatic N) is 1. The van der Waals surface area contributed by atoms with Gasteiger partial charge in [0.1, 0.15) is 0 Å². The van der Waals surface area contributed by atoms with Crippen molar-refractivity contribution in [3.63, 3.8) is 0 Å². The number of hydrogen-bond donors (Lipinski definition) is 1. The van der Waals surface area contributed by atoms with E-state index in [1.807, 2.05) is 0 Å². The molecule has 3 atom stereocenters. The molecule has 1 heterocycles. The summed E-state index contributed by atoms with van der Waals surface area (Å²) in [5.41, 5.74) is 1.41. The lowest BCUT2D eigenvalue weighted by atomic mass is 9.91. The van der Waals surface area contributed by atoms with Crippen molar-refractivity contribution in [1.82, 2.24) is 10.2 Å². The lowest BCUT2D eigenvalue weighted by Gasteiger charge is -2.39. The van der Waals surface area contributed by atoms with Gasteiger partial charge < -0.3 is 10.2 Å². The molecule has 1 saturated heterocycles. The summed E-state index contributed by atoms with van der Waals surface area (Å²) in [4.78, 5) is 2.75. The van der Waals surface area contributed by atoms with E-state index in [1.54, 1.807) is 0 Å². The highest BCUT2D eigenvalue weighted by molar-refractivity contribution is 5.19. The van der Waals surface area contributed by atoms with Crippen LogP contribution < -0.4 is 5.32 Å². The second kappa shape index (κ2) is 8.55. The van der Waals surface area contributed by atoms with Crippen LogP contribution in [0.15, 0.2) is 30.3 Å². The van der Waals surface area contributed by atoms with Crippen LogP contribution in [-0.4, -0.2) is 31.1 Å². The number of benzene rings is 1. The Kier molecular flexibility index (Phi) is 6.72. The number of nitrogens with one attached hydrogen (secondary N) is 1. The van der Waals surface area contributed by atoms with E-state index in [9.17, 15) is 0 Å². The quantitative estimate of drug-likeness (QED) is 0.807. The van der Waals surface area contributed by atoms with Gasteiger partial charge in [0.25, 0.3) is 0 Å². The maximum atomic E-state index is 3.53. The van der Waals surface area contributed by atoms with Crippen LogP contribution in [0.5, 0.6) is 0 Å². The number of likely N-dealkylation sites (tertiary alicyclic amines) is 1. The van der Waals surface area contributed by atoms with Crippen molar-refractivity contribution in [2.45, 2.75) is 58.0 Å². The molecule has 1 aliphatic rings. The van der Waals surface area contributed by atoms with E-state index in [4.69, 9.17) is 0 Å². The predicted molar refractivity (Wildman–Crippen MR) is 91.5 cm³/mol. The van der Waals surface area contributed by atoms with E-state index < -0.39 is 0 Å². The summed E-state index contributed by atoms with van der Waals surface area (Å²) in [6, 6.07) is 12.2. The highest BCUT2D eigenvalue weighted by Crippen LogP contribution is 2.27. The molecule has 2 rings (SSSR count). The maximum absolute atomic E-state index is 3.53. The van der Waals surface area contributed by atoms with Gasteiger partial charge in [-0.1, -0.05) is 57.0 Å². The van der Waals surface area contributed by atoms with Crippen LogP contribution in [0.4, 0.5) is 0 Å². The Morgan fingerprint density at radius 2 is 2.00 bits per heavy atom. The Hall–Kier alpha value is -0.860. The van der Waals surface area contributed by atoms with Crippen LogP contribution in [-0.2, 0) is 0 Å². The van der Waals surface area contributed by atoms with Gasteiger partial charge in [0.15, 0.2) is 0 Å². The fourth-order valence-electron chi connectivity index (χ4n) is 3.88. The van der Waals surface area contributed by atoms with E-state index in [1.165, 1.54) is 50.8 Å². The summed E-state index contributed by atoms with van der Waals surface area (Å²) in [5.74, 6) is 0.634. The van der Waals surface area contributed by atoms with Crippen molar-refractivity contribution in [2.75, 3.05) is 20.1 Å². The van der Waals surface area contributed by atoms with Gasteiger partial charge in [0.2, 0.25) is 0 Å². The summed E-state index contributed by atoms with van der Waals surface area (Å²) in [6.45, 7) is 7.22. The molecule has 1 aromatic carbocycles. The minimum atomic E-state index is 0.454. The van der Waals surface area contributed by atoms with Crippen molar-refractivity contribution in [3.05, 3.63) is 35.9 Å². The van der Waals surface area contributed by atoms with E-state index in [0.717, 1.165) is 6.04 Å². The first-order chi connectivity index (χ1) is 10.3. The molecular formula is C19H32N2. The van der Waals surface area contributed by atoms with Crippen molar-refractivity contribution in [3.8, 4) is 0 Å². The molecule has 2 heteroatoms. The fourth-order valence-corrected chi connectivity index (χ4v) is 3.88. The minimum absolute atomic E-state index is 0.454. The zero-order valence-electron chi connectivity index (χ0n) is 14.0. The maximum Gasteiger partial charge on any atom is 0.0355 e. The summed E-state index contributed by atoms with van der Waals surface area (Å²) >= 11 is 0. The SMILES string of the molecule is CCCC1CCCCN1CC(C)C(NC)c1ccccc1. The first kappa shape index (κ1) is 16.5. The Bertz CT molecular complexity index is 388. The van der Waals surface area contributed by atoms with Crippen molar-refractivity contribution in [2.24, 2.45) is 5.92 Å². The minimum Gasteiger partial charge on any atom is -0.313 e. The van der Waals surface area contributed by atoms with E-state index >= 15 is 0 Å². The molecule has 0 radical (unpaired) electrons. The first-order valence-electron chi connectivity index (χ1n) is 8.72. The predicted octanol–water partition coefficient (Wildman–Crippen LogP) is 4.24. The molecule has 1 fully saturated rings. The van der Waals surface area contributed by atoms with E-state index in [0.29, 0.717) is 12.0 Å². The Morgan fingerprint density at radius 1 is 1.24 bits per heavy atom. The molecular weight excluding hydrogens is 256 g/mol. The fraction of sp³-hybridized carbons (Fsp3) is 0.684. The molecule has 2 nitrogen and oxygen atoms in total. The van der Waals surface area contributed by atoms with Gasteiger partial charge in [-0.05, 0) is 44.3 Å². The molecule has 21 heavy (non-hydrogen) atoms. The van der Waals surface area contributed by atoms with E-state index in [2.05, 4.69) is 61.4 Å². The van der Waals surface area contributed by atoms with Gasteiger partial charge in [-0.15, -0.1) is 0 Å². The van der Waals surface area contributed by atoms with Gasteiger partial charge in [0.05, 0.1) is 0 Å². The summed E-state index contributed by atoms with van der Waals surface area (Å²) in [6.07, 6.45) is 6.87. The molecule has 0 bridgehead atoms. The van der Waals surface area contributed by atoms with Gasteiger partial charge in [0, 0.05) is 18.6 Å². The molecule has 0 saturated carbocycles. The summed E-state index contributed by atoms with van der Waals surface area (Å²) < 4.78 is 0. The zero-order valence-corrected chi connectivity index (χ0v) is 14.0. The standard InChI is InChI=1S/C19H32N2/c1-4-10-18-13-8-9-14-21(18)15-16(2)19(20-3)17-11-6-5-7-12-17/h5-7,11-12,16,18-20H,4,8-10,13-15H2,1-3H3. The van der Waals surface area contributed by atoms with Crippen molar-refractivity contribution >= 4 is 0 Å². The molecule has 1 aromatic rings. The number of hydrogen-bond acceptors (Lipinski definition) is 2. The molecule has 1 aliphatic heterocycles. The zero-order chi connectivity index (χ0) is 15.1. The lowest BCUT2D eigenvalue weighted by molar-refractivity contribution is 0.112. The highest BCUT2D eigenvalue weighted by Gasteiger charge is 2.26. The molecule has 3 unspecified atom stereocenters. The second-order valence-electron chi connectivity index (χ2n) is 6.59. The third-order valence-corrected chi connectivity index (χ3v) is 4.93. The molecule has 0 amide bonds. The smallest absolute Gasteiger partial charge is 0.0355 e. The Morgan fingerprint density at radius 3 is 2.67 bits per heavy atom. The molecule has 0 aliphatic carbocycles. The van der Waals surface area contributed by atoms with Crippen molar-refractivity contribution in [1.29, 1.82) is 0 Å². The number of piperidine rings is 1. The highest BCUT2D eigenvalue weighted by atomic mass is 15.2. The average molecular weight is 288 g/mol. The van der Waals surface area contributed by atoms with Crippen LogP contribution >= 0.6 is 0 Å². The van der Waals surface area contributed by atoms with Crippen LogP contribution in [0, 0.1) is 5.92 Å². The van der Waals surface area contributed by atoms with Crippen LogP contribution in [0.25, 0.3) is 0 Å². The summed E-state index contributed by atoms with van der Waals surface area (Å²) in [5, 5.41) is 3.53. The van der Waals surface area contributed by atoms with Gasteiger partial charge in [-0.25, -0.2) is 0 Å². The van der Waals surface area contributed by atoms with Gasteiger partial charge >= 0.3 is 0 Å². The average Bonchev–Trinajstić information content (AvgIpc) is 2.51. The Balaban J connectivity index is 1.99. The third-order valence-electron chi connectivity index (χ3n) is 4.93. The van der Waals surface area contributed by atoms with Gasteiger partial charge in [-0.3, -0.25) is 0 Å². The van der Waals surface area contributed by atoms with Gasteiger partial charge in [-0.2, -0.15) is 0 Å². The Labute approximate surface area is 130 Å². The molecule has 0 aromatic heterocycles. The van der Waals surface area contributed by atoms with Crippen LogP contribution in [0.2, 0.25) is 0 Å². The van der Waals surface area contributed by atoms with Crippen LogP contribution in [0.3, 0.4) is 0 Å². The second-order valence-corrected chi connectivity index (χ2v) is 6.59. The molecule has 1 N–H and O–H groups in total. The normalized spacial score (nSPS) is 22.9. The van der Waals surface area contributed by atoms with E-state index in [-0.39, 0.29) is 0 Å². The molecule has 118 valence electrons. The topological polar surface area (TPSA) is 15.3 Å². The lowest BCUT2D eigenvalue weighted by Crippen LogP contribution is -2.43. The first-order valence-corrected chi connectivity index (χ1v) is 8.72. The monoisotopic (exact) mass is 288 g/mol. The third kappa shape index (κ3) is 4.55. The summed E-state index contributed by atoms with van der Waals surface area (Å²) in [7, 11) is 2.09. The van der Waals surface area contributed by atoms with Crippen molar-refractivity contribution < 1.29 is 0 Å².